The van der Waals surface area contributed by atoms with Gasteiger partial charge in [-0.05, 0) is 64.3 Å². The van der Waals surface area contributed by atoms with Crippen molar-refractivity contribution in [3.05, 3.63) is 34.3 Å². The molecular weight excluding hydrogens is 356 g/mol. The zero-order valence-electron chi connectivity index (χ0n) is 14.3. The van der Waals surface area contributed by atoms with Gasteiger partial charge in [0.25, 0.3) is 0 Å². The third-order valence-corrected chi connectivity index (χ3v) is 4.08. The second-order valence-corrected chi connectivity index (χ2v) is 7.98. The van der Waals surface area contributed by atoms with E-state index in [1.54, 1.807) is 0 Å². The molecule has 0 aliphatic heterocycles. The summed E-state index contributed by atoms with van der Waals surface area (Å²) in [4.78, 5) is 14.1. The maximum absolute atomic E-state index is 12.2. The number of hydrogen-bond donors (Lipinski definition) is 1. The molecule has 0 radical (unpaired) electrons. The van der Waals surface area contributed by atoms with E-state index in [-0.39, 0.29) is 6.09 Å². The number of rotatable bonds is 7. The Morgan fingerprint density at radius 2 is 2.13 bits per heavy atom. The number of hydrogen-bond acceptors (Lipinski definition) is 3. The van der Waals surface area contributed by atoms with Crippen LogP contribution in [0.2, 0.25) is 0 Å². The maximum Gasteiger partial charge on any atom is 0.410 e. The van der Waals surface area contributed by atoms with Crippen LogP contribution in [-0.2, 0) is 11.3 Å². The van der Waals surface area contributed by atoms with Crippen LogP contribution >= 0.6 is 15.9 Å². The zero-order chi connectivity index (χ0) is 16.9. The Hall–Kier alpha value is -1.07. The van der Waals surface area contributed by atoms with Gasteiger partial charge in [-0.15, -0.1) is 0 Å². The number of ether oxygens (including phenoxy) is 1. The van der Waals surface area contributed by atoms with Crippen molar-refractivity contribution in [2.24, 2.45) is 0 Å². The zero-order valence-corrected chi connectivity index (χ0v) is 15.9. The highest BCUT2D eigenvalue weighted by molar-refractivity contribution is 9.10. The van der Waals surface area contributed by atoms with Crippen LogP contribution in [0.1, 0.15) is 45.6 Å². The quantitative estimate of drug-likeness (QED) is 0.713. The molecule has 1 saturated carbocycles. The first-order chi connectivity index (χ1) is 10.8. The molecule has 1 aliphatic rings. The second-order valence-electron chi connectivity index (χ2n) is 7.07. The standard InChI is InChI=1S/C18H27BrN2O2/c1-18(2,3)23-17(22)21(16-8-9-16)11-5-10-20-13-14-6-4-7-15(19)12-14/h4,6-7,12,16,20H,5,8-11,13H2,1-3H3. The molecule has 23 heavy (non-hydrogen) atoms. The van der Waals surface area contributed by atoms with Gasteiger partial charge in [-0.25, -0.2) is 4.79 Å². The molecule has 1 amide bonds. The summed E-state index contributed by atoms with van der Waals surface area (Å²) in [5.74, 6) is 0. The Bertz CT molecular complexity index is 524. The third kappa shape index (κ3) is 6.92. The molecule has 1 aromatic carbocycles. The molecule has 2 rings (SSSR count). The van der Waals surface area contributed by atoms with Crippen LogP contribution in [0, 0.1) is 0 Å². The van der Waals surface area contributed by atoms with E-state index in [1.165, 1.54) is 5.56 Å². The minimum absolute atomic E-state index is 0.174. The van der Waals surface area contributed by atoms with Crippen LogP contribution in [0.3, 0.4) is 0 Å². The van der Waals surface area contributed by atoms with Crippen molar-refractivity contribution in [1.82, 2.24) is 10.2 Å². The summed E-state index contributed by atoms with van der Waals surface area (Å²) in [5.41, 5.74) is 0.828. The average Bonchev–Trinajstić information content (AvgIpc) is 3.25. The van der Waals surface area contributed by atoms with Crippen LogP contribution in [0.25, 0.3) is 0 Å². The molecule has 0 unspecified atom stereocenters. The van der Waals surface area contributed by atoms with Crippen LogP contribution in [0.5, 0.6) is 0 Å². The first kappa shape index (κ1) is 18.3. The lowest BCUT2D eigenvalue weighted by atomic mass is 10.2. The molecular formula is C18H27BrN2O2. The summed E-state index contributed by atoms with van der Waals surface area (Å²) in [6, 6.07) is 8.67. The van der Waals surface area contributed by atoms with E-state index in [4.69, 9.17) is 4.74 Å². The molecule has 1 aromatic rings. The van der Waals surface area contributed by atoms with Crippen molar-refractivity contribution in [3.63, 3.8) is 0 Å². The topological polar surface area (TPSA) is 41.6 Å². The molecule has 128 valence electrons. The summed E-state index contributed by atoms with van der Waals surface area (Å²) in [6.07, 6.45) is 2.96. The van der Waals surface area contributed by atoms with Gasteiger partial charge in [-0.1, -0.05) is 28.1 Å². The Morgan fingerprint density at radius 1 is 1.39 bits per heavy atom. The Labute approximate surface area is 147 Å². The maximum atomic E-state index is 12.2. The number of carbonyl (C=O) groups is 1. The van der Waals surface area contributed by atoms with Gasteiger partial charge >= 0.3 is 6.09 Å². The van der Waals surface area contributed by atoms with E-state index >= 15 is 0 Å². The minimum atomic E-state index is -0.427. The van der Waals surface area contributed by atoms with Gasteiger partial charge in [0, 0.05) is 23.6 Å². The molecule has 5 heteroatoms. The molecule has 1 N–H and O–H groups in total. The molecule has 0 spiro atoms. The summed E-state index contributed by atoms with van der Waals surface area (Å²) < 4.78 is 6.60. The number of halogens is 1. The Kier molecular flexibility index (Phi) is 6.48. The average molecular weight is 383 g/mol. The molecule has 0 heterocycles. The minimum Gasteiger partial charge on any atom is -0.444 e. The molecule has 1 fully saturated rings. The molecule has 0 bridgehead atoms. The van der Waals surface area contributed by atoms with Crippen molar-refractivity contribution in [2.75, 3.05) is 13.1 Å². The Morgan fingerprint density at radius 3 is 2.74 bits per heavy atom. The predicted molar refractivity (Wildman–Crippen MR) is 96.4 cm³/mol. The van der Waals surface area contributed by atoms with Crippen LogP contribution < -0.4 is 5.32 Å². The molecule has 0 aromatic heterocycles. The molecule has 0 atom stereocenters. The van der Waals surface area contributed by atoms with Crippen molar-refractivity contribution in [2.45, 2.75) is 58.2 Å². The second kappa shape index (κ2) is 8.15. The highest BCUT2D eigenvalue weighted by Crippen LogP contribution is 2.28. The van der Waals surface area contributed by atoms with Gasteiger partial charge < -0.3 is 15.0 Å². The third-order valence-electron chi connectivity index (χ3n) is 3.59. The van der Waals surface area contributed by atoms with Crippen molar-refractivity contribution in [1.29, 1.82) is 0 Å². The van der Waals surface area contributed by atoms with Crippen molar-refractivity contribution < 1.29 is 9.53 Å². The summed E-state index contributed by atoms with van der Waals surface area (Å²) in [7, 11) is 0. The SMILES string of the molecule is CC(C)(C)OC(=O)N(CCCNCc1cccc(Br)c1)C1CC1. The highest BCUT2D eigenvalue weighted by atomic mass is 79.9. The van der Waals surface area contributed by atoms with E-state index in [1.807, 2.05) is 37.8 Å². The number of carbonyl (C=O) groups excluding carboxylic acids is 1. The Balaban J connectivity index is 1.69. The number of nitrogens with zero attached hydrogens (tertiary/aromatic N) is 1. The van der Waals surface area contributed by atoms with E-state index < -0.39 is 5.60 Å². The van der Waals surface area contributed by atoms with Crippen LogP contribution in [-0.4, -0.2) is 35.7 Å². The van der Waals surface area contributed by atoms with Crippen molar-refractivity contribution in [3.8, 4) is 0 Å². The molecule has 0 saturated heterocycles. The van der Waals surface area contributed by atoms with Crippen LogP contribution in [0.4, 0.5) is 4.79 Å². The smallest absolute Gasteiger partial charge is 0.410 e. The fourth-order valence-corrected chi connectivity index (χ4v) is 2.83. The fraction of sp³-hybridized carbons (Fsp3) is 0.611. The van der Waals surface area contributed by atoms with Crippen LogP contribution in [0.15, 0.2) is 28.7 Å². The van der Waals surface area contributed by atoms with Gasteiger partial charge in [0.2, 0.25) is 0 Å². The lowest BCUT2D eigenvalue weighted by Gasteiger charge is -2.27. The number of benzene rings is 1. The number of amides is 1. The molecule has 4 nitrogen and oxygen atoms in total. The van der Waals surface area contributed by atoms with Gasteiger partial charge in [-0.2, -0.15) is 0 Å². The lowest BCUT2D eigenvalue weighted by Crippen LogP contribution is -2.39. The van der Waals surface area contributed by atoms with E-state index in [9.17, 15) is 4.79 Å². The highest BCUT2D eigenvalue weighted by Gasteiger charge is 2.34. The monoisotopic (exact) mass is 382 g/mol. The van der Waals surface area contributed by atoms with Gasteiger partial charge in [-0.3, -0.25) is 0 Å². The van der Waals surface area contributed by atoms with E-state index in [0.29, 0.717) is 6.04 Å². The summed E-state index contributed by atoms with van der Waals surface area (Å²) >= 11 is 3.48. The number of nitrogens with one attached hydrogen (secondary N) is 1. The fourth-order valence-electron chi connectivity index (χ4n) is 2.38. The first-order valence-electron chi connectivity index (χ1n) is 8.30. The lowest BCUT2D eigenvalue weighted by molar-refractivity contribution is 0.0232. The largest absolute Gasteiger partial charge is 0.444 e. The van der Waals surface area contributed by atoms with E-state index in [2.05, 4.69) is 33.4 Å². The van der Waals surface area contributed by atoms with Gasteiger partial charge in [0.1, 0.15) is 5.60 Å². The van der Waals surface area contributed by atoms with E-state index in [0.717, 1.165) is 43.4 Å². The normalized spacial score (nSPS) is 14.6. The molecule has 1 aliphatic carbocycles. The van der Waals surface area contributed by atoms with Gasteiger partial charge in [0.05, 0.1) is 0 Å². The summed E-state index contributed by atoms with van der Waals surface area (Å²) in [5, 5.41) is 3.43. The first-order valence-corrected chi connectivity index (χ1v) is 9.09. The van der Waals surface area contributed by atoms with Gasteiger partial charge in [0.15, 0.2) is 0 Å². The predicted octanol–water partition coefficient (Wildman–Crippen LogP) is 4.33. The van der Waals surface area contributed by atoms with Crippen molar-refractivity contribution >= 4 is 22.0 Å². The summed E-state index contributed by atoms with van der Waals surface area (Å²) in [6.45, 7) is 8.22.